The third-order valence-electron chi connectivity index (χ3n) is 7.08. The van der Waals surface area contributed by atoms with Crippen molar-refractivity contribution < 1.29 is 14.4 Å². The predicted molar refractivity (Wildman–Crippen MR) is 147 cm³/mol. The Labute approximate surface area is 227 Å². The largest absolute Gasteiger partial charge is 0.398 e. The van der Waals surface area contributed by atoms with Crippen LogP contribution in [0.2, 0.25) is 10.0 Å². The number of carbonyl (C=O) groups excluding carboxylic acids is 3. The number of nitrogens with one attached hydrogen (secondary N) is 1. The molecule has 1 aliphatic carbocycles. The molecule has 1 aliphatic heterocycles. The van der Waals surface area contributed by atoms with Gasteiger partial charge in [0.2, 0.25) is 5.91 Å². The van der Waals surface area contributed by atoms with E-state index in [2.05, 4.69) is 11.9 Å². The van der Waals surface area contributed by atoms with Gasteiger partial charge in [0.05, 0.1) is 15.6 Å². The van der Waals surface area contributed by atoms with Gasteiger partial charge >= 0.3 is 0 Å². The Morgan fingerprint density at radius 2 is 1.92 bits per heavy atom. The molecule has 11 heteroatoms. The molecule has 37 heavy (non-hydrogen) atoms. The number of halogens is 2. The number of amides is 2. The van der Waals surface area contributed by atoms with E-state index in [-0.39, 0.29) is 17.9 Å². The second kappa shape index (κ2) is 9.41. The highest BCUT2D eigenvalue weighted by atomic mass is 35.5. The van der Waals surface area contributed by atoms with Crippen LogP contribution < -0.4 is 22.5 Å². The number of hydrogen-bond donors (Lipinski definition) is 4. The molecule has 5 rings (SSSR count). The summed E-state index contributed by atoms with van der Waals surface area (Å²) in [7, 11) is 0. The summed E-state index contributed by atoms with van der Waals surface area (Å²) in [5, 5.41) is 4.26. The van der Waals surface area contributed by atoms with Crippen LogP contribution in [0, 0.1) is 0 Å². The zero-order chi connectivity index (χ0) is 26.6. The maximum atomic E-state index is 13.8. The Morgan fingerprint density at radius 3 is 2.59 bits per heavy atom. The topological polar surface area (TPSA) is 145 Å². The highest BCUT2D eigenvalue weighted by Crippen LogP contribution is 2.49. The number of nitrogen functional groups attached to an aromatic ring is 1. The molecule has 8 nitrogen and oxygen atoms in total. The molecule has 1 aromatic heterocycles. The molecule has 0 saturated carbocycles. The second-order valence-electron chi connectivity index (χ2n) is 9.36. The minimum Gasteiger partial charge on any atom is -0.398 e. The molecule has 1 fully saturated rings. The molecule has 3 aromatic rings. The van der Waals surface area contributed by atoms with Crippen molar-refractivity contribution >= 4 is 67.9 Å². The van der Waals surface area contributed by atoms with E-state index in [4.69, 9.17) is 40.4 Å². The summed E-state index contributed by atoms with van der Waals surface area (Å²) in [6, 6.07) is 6.64. The minimum atomic E-state index is -1.64. The molecule has 1 saturated heterocycles. The van der Waals surface area contributed by atoms with Crippen LogP contribution in [0.15, 0.2) is 43.0 Å². The molecule has 2 amide bonds. The monoisotopic (exact) mass is 557 g/mol. The minimum absolute atomic E-state index is 0.179. The van der Waals surface area contributed by atoms with E-state index >= 15 is 0 Å². The summed E-state index contributed by atoms with van der Waals surface area (Å²) in [5.74, 6) is -1.04. The summed E-state index contributed by atoms with van der Waals surface area (Å²) in [6.45, 7) is 4.52. The number of thiophene rings is 1. The van der Waals surface area contributed by atoms with Gasteiger partial charge in [-0.05, 0) is 54.3 Å². The van der Waals surface area contributed by atoms with E-state index in [1.165, 1.54) is 17.4 Å². The number of nitrogens with zero attached hydrogens (tertiary/aromatic N) is 1. The number of nitrogens with two attached hydrogens (primary N) is 3. The quantitative estimate of drug-likeness (QED) is 0.285. The van der Waals surface area contributed by atoms with Crippen LogP contribution in [0.5, 0.6) is 0 Å². The molecule has 2 heterocycles. The zero-order valence-corrected chi connectivity index (χ0v) is 22.1. The SMILES string of the molecule is C=CC(=O)N1CCCC(NC(=O)c2sc3c(N)ccc4c3c2C(N)C(=O)C4(N)c2cc(Cl)cc(Cl)c2)C1. The van der Waals surface area contributed by atoms with Gasteiger partial charge in [0.25, 0.3) is 5.91 Å². The first-order chi connectivity index (χ1) is 17.6. The number of hydrogen-bond acceptors (Lipinski definition) is 7. The Hall–Kier alpha value is -2.95. The van der Waals surface area contributed by atoms with Crippen LogP contribution in [0.1, 0.15) is 45.2 Å². The summed E-state index contributed by atoms with van der Waals surface area (Å²) in [5.41, 5.74) is 19.7. The lowest BCUT2D eigenvalue weighted by atomic mass is 9.70. The summed E-state index contributed by atoms with van der Waals surface area (Å²) < 4.78 is 0.621. The third kappa shape index (κ3) is 4.11. The molecule has 192 valence electrons. The Bertz CT molecular complexity index is 1470. The lowest BCUT2D eigenvalue weighted by Crippen LogP contribution is -2.53. The van der Waals surface area contributed by atoms with E-state index in [0.717, 1.165) is 6.42 Å². The maximum absolute atomic E-state index is 13.8. The maximum Gasteiger partial charge on any atom is 0.262 e. The van der Waals surface area contributed by atoms with Crippen molar-refractivity contribution in [2.45, 2.75) is 30.5 Å². The van der Waals surface area contributed by atoms with E-state index in [1.807, 2.05) is 0 Å². The van der Waals surface area contributed by atoms with Gasteiger partial charge in [-0.3, -0.25) is 14.4 Å². The van der Waals surface area contributed by atoms with Crippen molar-refractivity contribution in [3.05, 3.63) is 74.6 Å². The Kier molecular flexibility index (Phi) is 6.54. The van der Waals surface area contributed by atoms with Gasteiger partial charge in [-0.25, -0.2) is 0 Å². The standard InChI is InChI=1S/C26H25Cl2N5O3S/c1-2-18(34)33-7-3-4-15(11-33)32-25(36)23-20-19-16(5-6-17(29)22(19)37-23)26(31,24(35)21(20)30)12-8-13(27)10-14(28)9-12/h2,5-6,8-10,15,21H,1,3-4,7,11,29-31H2,(H,32,36). The van der Waals surface area contributed by atoms with Crippen molar-refractivity contribution in [1.82, 2.24) is 10.2 Å². The van der Waals surface area contributed by atoms with E-state index in [0.29, 0.717) is 66.9 Å². The van der Waals surface area contributed by atoms with E-state index < -0.39 is 17.4 Å². The molecular weight excluding hydrogens is 533 g/mol. The number of carbonyl (C=O) groups is 3. The lowest BCUT2D eigenvalue weighted by molar-refractivity contribution is -0.127. The number of benzene rings is 2. The van der Waals surface area contributed by atoms with Gasteiger partial charge in [-0.15, -0.1) is 11.3 Å². The van der Waals surface area contributed by atoms with Gasteiger partial charge < -0.3 is 27.4 Å². The molecule has 0 spiro atoms. The second-order valence-corrected chi connectivity index (χ2v) is 11.3. The first-order valence-electron chi connectivity index (χ1n) is 11.7. The smallest absolute Gasteiger partial charge is 0.262 e. The third-order valence-corrected chi connectivity index (χ3v) is 8.77. The molecule has 0 radical (unpaired) electrons. The van der Waals surface area contributed by atoms with Gasteiger partial charge in [0.1, 0.15) is 5.54 Å². The first-order valence-corrected chi connectivity index (χ1v) is 13.3. The van der Waals surface area contributed by atoms with Crippen LogP contribution in [-0.4, -0.2) is 41.6 Å². The molecule has 2 aromatic carbocycles. The Morgan fingerprint density at radius 1 is 1.22 bits per heavy atom. The van der Waals surface area contributed by atoms with Crippen molar-refractivity contribution in [2.75, 3.05) is 18.8 Å². The van der Waals surface area contributed by atoms with Gasteiger partial charge in [-0.2, -0.15) is 0 Å². The van der Waals surface area contributed by atoms with Crippen LogP contribution in [-0.2, 0) is 15.1 Å². The number of rotatable bonds is 4. The molecule has 7 N–H and O–H groups in total. The van der Waals surface area contributed by atoms with Crippen LogP contribution in [0.25, 0.3) is 10.1 Å². The molecule has 2 aliphatic rings. The van der Waals surface area contributed by atoms with Crippen LogP contribution in [0.3, 0.4) is 0 Å². The fourth-order valence-corrected chi connectivity index (χ4v) is 7.03. The number of anilines is 1. The molecule has 0 bridgehead atoms. The average Bonchev–Trinajstić information content (AvgIpc) is 3.28. The number of ketones is 1. The van der Waals surface area contributed by atoms with Gasteiger partial charge in [0, 0.05) is 45.8 Å². The summed E-state index contributed by atoms with van der Waals surface area (Å²) in [6.07, 6.45) is 2.73. The van der Waals surface area contributed by atoms with Crippen LogP contribution in [0.4, 0.5) is 5.69 Å². The van der Waals surface area contributed by atoms with E-state index in [9.17, 15) is 14.4 Å². The van der Waals surface area contributed by atoms with Gasteiger partial charge in [-0.1, -0.05) is 35.8 Å². The average molecular weight is 558 g/mol. The molecular formula is C26H25Cl2N5O3S. The molecule has 3 atom stereocenters. The fourth-order valence-electron chi connectivity index (χ4n) is 5.30. The summed E-state index contributed by atoms with van der Waals surface area (Å²) >= 11 is 13.6. The fraction of sp³-hybridized carbons (Fsp3) is 0.269. The number of Topliss-reactive ketones (excluding diaryl/α,β-unsaturated/α-hetero) is 1. The zero-order valence-electron chi connectivity index (χ0n) is 19.7. The molecule has 3 unspecified atom stereocenters. The van der Waals surface area contributed by atoms with Crippen molar-refractivity contribution in [1.29, 1.82) is 0 Å². The number of piperidine rings is 1. The Balaban J connectivity index is 1.61. The highest BCUT2D eigenvalue weighted by Gasteiger charge is 2.49. The normalized spacial score (nSPS) is 23.2. The van der Waals surface area contributed by atoms with Crippen molar-refractivity contribution in [3.63, 3.8) is 0 Å². The highest BCUT2D eigenvalue weighted by molar-refractivity contribution is 7.21. The van der Waals surface area contributed by atoms with Crippen molar-refractivity contribution in [3.8, 4) is 0 Å². The predicted octanol–water partition coefficient (Wildman–Crippen LogP) is 3.48. The van der Waals surface area contributed by atoms with Crippen LogP contribution >= 0.6 is 34.5 Å². The van der Waals surface area contributed by atoms with E-state index in [1.54, 1.807) is 35.2 Å². The first kappa shape index (κ1) is 25.7. The summed E-state index contributed by atoms with van der Waals surface area (Å²) in [4.78, 5) is 41.4. The number of likely N-dealkylation sites (tertiary alicyclic amines) is 1. The van der Waals surface area contributed by atoms with Crippen molar-refractivity contribution in [2.24, 2.45) is 11.5 Å². The lowest BCUT2D eigenvalue weighted by Gasteiger charge is -2.37. The van der Waals surface area contributed by atoms with Gasteiger partial charge in [0.15, 0.2) is 5.78 Å².